The molecule has 0 aliphatic rings. The third kappa shape index (κ3) is 4.21. The highest BCUT2D eigenvalue weighted by molar-refractivity contribution is 7.91. The molecule has 0 bridgehead atoms. The van der Waals surface area contributed by atoms with Crippen molar-refractivity contribution >= 4 is 33.0 Å². The molecule has 0 N–H and O–H groups in total. The number of hydrogen-bond donors (Lipinski definition) is 0. The van der Waals surface area contributed by atoms with E-state index in [4.69, 9.17) is 23.2 Å². The summed E-state index contributed by atoms with van der Waals surface area (Å²) < 4.78 is 26.3. The first kappa shape index (κ1) is 20.3. The Balaban J connectivity index is 2.65. The SMILES string of the molecule is CC(C)(C)c1cc(S(=O)(=O)c2ccc(Cl)c(C(C)(C)C)c2)ccc1Cl. The predicted octanol–water partition coefficient (Wildman–Crippen LogP) is 6.42. The molecule has 0 aliphatic heterocycles. The zero-order valence-electron chi connectivity index (χ0n) is 15.4. The average molecular weight is 399 g/mol. The molecule has 2 aromatic rings. The van der Waals surface area contributed by atoms with Gasteiger partial charge in [-0.1, -0.05) is 64.7 Å². The Labute approximate surface area is 161 Å². The molecule has 0 radical (unpaired) electrons. The molecule has 0 saturated carbocycles. The quantitative estimate of drug-likeness (QED) is 0.584. The molecule has 0 aromatic heterocycles. The second kappa shape index (κ2) is 6.61. The van der Waals surface area contributed by atoms with Crippen molar-refractivity contribution in [1.29, 1.82) is 0 Å². The lowest BCUT2D eigenvalue weighted by Crippen LogP contribution is -2.15. The fourth-order valence-corrected chi connectivity index (χ4v) is 4.74. The van der Waals surface area contributed by atoms with E-state index < -0.39 is 9.84 Å². The van der Waals surface area contributed by atoms with Crippen molar-refractivity contribution in [3.05, 3.63) is 57.6 Å². The van der Waals surface area contributed by atoms with Crippen molar-refractivity contribution in [2.24, 2.45) is 0 Å². The highest BCUT2D eigenvalue weighted by Gasteiger charge is 2.26. The van der Waals surface area contributed by atoms with Crippen molar-refractivity contribution in [1.82, 2.24) is 0 Å². The largest absolute Gasteiger partial charge is 0.219 e. The third-order valence-electron chi connectivity index (χ3n) is 4.11. The van der Waals surface area contributed by atoms with Gasteiger partial charge in [-0.05, 0) is 58.4 Å². The lowest BCUT2D eigenvalue weighted by Gasteiger charge is -2.23. The highest BCUT2D eigenvalue weighted by Crippen LogP contribution is 2.35. The van der Waals surface area contributed by atoms with Crippen LogP contribution in [0.4, 0.5) is 0 Å². The maximum absolute atomic E-state index is 13.1. The van der Waals surface area contributed by atoms with Crippen LogP contribution in [-0.4, -0.2) is 8.42 Å². The Kier molecular flexibility index (Phi) is 5.36. The van der Waals surface area contributed by atoms with Crippen LogP contribution in [0.25, 0.3) is 0 Å². The van der Waals surface area contributed by atoms with Crippen LogP contribution in [0.3, 0.4) is 0 Å². The third-order valence-corrected chi connectivity index (χ3v) is 6.52. The molecular formula is C20H24Cl2O2S. The van der Waals surface area contributed by atoms with Gasteiger partial charge in [-0.15, -0.1) is 0 Å². The second-order valence-corrected chi connectivity index (χ2v) is 11.1. The Morgan fingerprint density at radius 3 is 1.28 bits per heavy atom. The smallest absolute Gasteiger partial charge is 0.206 e. The zero-order chi connectivity index (χ0) is 19.2. The molecule has 2 nitrogen and oxygen atoms in total. The summed E-state index contributed by atoms with van der Waals surface area (Å²) in [4.78, 5) is 0.480. The van der Waals surface area contributed by atoms with Gasteiger partial charge >= 0.3 is 0 Å². The molecule has 2 rings (SSSR count). The van der Waals surface area contributed by atoms with E-state index in [1.165, 1.54) is 0 Å². The first-order valence-corrected chi connectivity index (χ1v) is 10.3. The monoisotopic (exact) mass is 398 g/mol. The first-order chi connectivity index (χ1) is 11.2. The van der Waals surface area contributed by atoms with Gasteiger partial charge < -0.3 is 0 Å². The molecule has 0 saturated heterocycles. The average Bonchev–Trinajstić information content (AvgIpc) is 2.45. The maximum atomic E-state index is 13.1. The van der Waals surface area contributed by atoms with E-state index in [1.807, 2.05) is 41.5 Å². The first-order valence-electron chi connectivity index (χ1n) is 8.10. The van der Waals surface area contributed by atoms with E-state index in [0.29, 0.717) is 10.0 Å². The molecule has 0 amide bonds. The summed E-state index contributed by atoms with van der Waals surface area (Å²) in [6.07, 6.45) is 0. The summed E-state index contributed by atoms with van der Waals surface area (Å²) in [6.45, 7) is 12.0. The second-order valence-electron chi connectivity index (χ2n) is 8.29. The minimum atomic E-state index is -3.66. The van der Waals surface area contributed by atoms with Gasteiger partial charge in [0, 0.05) is 10.0 Å². The summed E-state index contributed by atoms with van der Waals surface area (Å²) in [6, 6.07) is 9.74. The van der Waals surface area contributed by atoms with E-state index in [1.54, 1.807) is 36.4 Å². The van der Waals surface area contributed by atoms with Crippen LogP contribution in [0.1, 0.15) is 52.7 Å². The Morgan fingerprint density at radius 2 is 1.00 bits per heavy atom. The molecule has 2 aromatic carbocycles. The Bertz CT molecular complexity index is 833. The van der Waals surface area contributed by atoms with E-state index in [2.05, 4.69) is 0 Å². The van der Waals surface area contributed by atoms with Gasteiger partial charge in [-0.3, -0.25) is 0 Å². The molecular weight excluding hydrogens is 375 g/mol. The summed E-state index contributed by atoms with van der Waals surface area (Å²) in [5.74, 6) is 0. The lowest BCUT2D eigenvalue weighted by molar-refractivity contribution is 0.581. The van der Waals surface area contributed by atoms with Gasteiger partial charge in [-0.25, -0.2) is 8.42 Å². The molecule has 0 spiro atoms. The number of sulfone groups is 1. The van der Waals surface area contributed by atoms with Gasteiger partial charge in [0.25, 0.3) is 0 Å². The number of rotatable bonds is 2. The number of halogens is 2. The molecule has 0 unspecified atom stereocenters. The fraction of sp³-hybridized carbons (Fsp3) is 0.400. The van der Waals surface area contributed by atoms with Crippen molar-refractivity contribution in [2.45, 2.75) is 62.2 Å². The summed E-state index contributed by atoms with van der Waals surface area (Å²) >= 11 is 12.5. The Morgan fingerprint density at radius 1 is 0.680 bits per heavy atom. The molecule has 136 valence electrons. The van der Waals surface area contributed by atoms with Gasteiger partial charge in [-0.2, -0.15) is 0 Å². The molecule has 0 atom stereocenters. The zero-order valence-corrected chi connectivity index (χ0v) is 17.8. The van der Waals surface area contributed by atoms with Gasteiger partial charge in [0.15, 0.2) is 0 Å². The van der Waals surface area contributed by atoms with Crippen molar-refractivity contribution in [3.8, 4) is 0 Å². The minimum absolute atomic E-state index is 0.240. The van der Waals surface area contributed by atoms with Crippen molar-refractivity contribution in [3.63, 3.8) is 0 Å². The molecule has 25 heavy (non-hydrogen) atoms. The van der Waals surface area contributed by atoms with Crippen LogP contribution < -0.4 is 0 Å². The topological polar surface area (TPSA) is 34.1 Å². The lowest BCUT2D eigenvalue weighted by atomic mass is 9.87. The highest BCUT2D eigenvalue weighted by atomic mass is 35.5. The molecule has 0 aliphatic carbocycles. The molecule has 0 heterocycles. The van der Waals surface area contributed by atoms with Gasteiger partial charge in [0.1, 0.15) is 0 Å². The number of hydrogen-bond acceptors (Lipinski definition) is 2. The minimum Gasteiger partial charge on any atom is -0.219 e. The van der Waals surface area contributed by atoms with E-state index in [9.17, 15) is 8.42 Å². The van der Waals surface area contributed by atoms with Gasteiger partial charge in [0.2, 0.25) is 9.84 Å². The van der Waals surface area contributed by atoms with Crippen LogP contribution in [-0.2, 0) is 20.7 Å². The van der Waals surface area contributed by atoms with Crippen LogP contribution in [0.2, 0.25) is 10.0 Å². The Hall–Kier alpha value is -1.03. The number of benzene rings is 2. The summed E-state index contributed by atoms with van der Waals surface area (Å²) in [5.41, 5.74) is 1.11. The fourth-order valence-electron chi connectivity index (χ4n) is 2.63. The van der Waals surface area contributed by atoms with Crippen LogP contribution in [0.15, 0.2) is 46.2 Å². The summed E-state index contributed by atoms with van der Waals surface area (Å²) in [5, 5.41) is 1.14. The van der Waals surface area contributed by atoms with Gasteiger partial charge in [0.05, 0.1) is 9.79 Å². The molecule has 5 heteroatoms. The van der Waals surface area contributed by atoms with E-state index in [-0.39, 0.29) is 20.6 Å². The molecule has 0 fully saturated rings. The standard InChI is InChI=1S/C20H24Cl2O2S/c1-19(2,3)15-11-13(7-9-17(15)21)25(23,24)14-8-10-18(22)16(12-14)20(4,5)6/h7-12H,1-6H3. The summed E-state index contributed by atoms with van der Waals surface area (Å²) in [7, 11) is -3.66. The van der Waals surface area contributed by atoms with Crippen LogP contribution in [0, 0.1) is 0 Å². The van der Waals surface area contributed by atoms with Crippen LogP contribution >= 0.6 is 23.2 Å². The van der Waals surface area contributed by atoms with Crippen molar-refractivity contribution in [2.75, 3.05) is 0 Å². The van der Waals surface area contributed by atoms with E-state index >= 15 is 0 Å². The predicted molar refractivity (Wildman–Crippen MR) is 106 cm³/mol. The normalized spacial score (nSPS) is 13.1. The van der Waals surface area contributed by atoms with E-state index in [0.717, 1.165) is 11.1 Å². The maximum Gasteiger partial charge on any atom is 0.206 e. The van der Waals surface area contributed by atoms with Crippen molar-refractivity contribution < 1.29 is 8.42 Å². The van der Waals surface area contributed by atoms with Crippen LogP contribution in [0.5, 0.6) is 0 Å².